The summed E-state index contributed by atoms with van der Waals surface area (Å²) in [4.78, 5) is 13.4. The van der Waals surface area contributed by atoms with Crippen molar-refractivity contribution in [3.05, 3.63) is 35.9 Å². The molecule has 1 rings (SSSR count). The molecule has 15 heavy (non-hydrogen) atoms. The summed E-state index contributed by atoms with van der Waals surface area (Å²) in [5.41, 5.74) is 0.668. The zero-order valence-electron chi connectivity index (χ0n) is 8.97. The molecule has 0 aliphatic heterocycles. The molecular weight excluding hydrogens is 210 g/mol. The molecular formula is C11H15NO2S. The minimum atomic E-state index is -0.853. The van der Waals surface area contributed by atoms with Crippen LogP contribution >= 0.6 is 0 Å². The van der Waals surface area contributed by atoms with Crippen molar-refractivity contribution >= 4 is 16.7 Å². The third-order valence-corrected chi connectivity index (χ3v) is 2.84. The Morgan fingerprint density at radius 3 is 2.47 bits per heavy atom. The van der Waals surface area contributed by atoms with E-state index in [4.69, 9.17) is 0 Å². The molecule has 0 aliphatic carbocycles. The van der Waals surface area contributed by atoms with Crippen LogP contribution in [0.4, 0.5) is 0 Å². The van der Waals surface area contributed by atoms with E-state index in [1.165, 1.54) is 0 Å². The molecule has 0 radical (unpaired) electrons. The average Bonchev–Trinajstić information content (AvgIpc) is 2.26. The molecule has 1 aromatic rings. The normalized spacial score (nSPS) is 12.1. The van der Waals surface area contributed by atoms with Crippen molar-refractivity contribution in [2.75, 3.05) is 25.6 Å². The van der Waals surface area contributed by atoms with Gasteiger partial charge in [-0.3, -0.25) is 9.00 Å². The standard InChI is InChI=1S/C11H15NO2S/c1-12(8-9-15(2)14)11(13)10-6-4-3-5-7-10/h3-7H,8-9H2,1-2H3. The number of carbonyl (C=O) groups is 1. The highest BCUT2D eigenvalue weighted by molar-refractivity contribution is 7.84. The van der Waals surface area contributed by atoms with Gasteiger partial charge in [-0.05, 0) is 12.1 Å². The Labute approximate surface area is 92.6 Å². The molecule has 0 aromatic heterocycles. The molecule has 3 nitrogen and oxygen atoms in total. The Balaban J connectivity index is 2.57. The number of carbonyl (C=O) groups excluding carboxylic acids is 1. The topological polar surface area (TPSA) is 37.4 Å². The molecule has 0 N–H and O–H groups in total. The molecule has 1 atom stereocenters. The van der Waals surface area contributed by atoms with E-state index in [-0.39, 0.29) is 5.91 Å². The molecule has 0 aliphatic rings. The molecule has 0 saturated carbocycles. The van der Waals surface area contributed by atoms with Crippen LogP contribution in [0.2, 0.25) is 0 Å². The van der Waals surface area contributed by atoms with Gasteiger partial charge < -0.3 is 4.90 Å². The molecule has 0 heterocycles. The van der Waals surface area contributed by atoms with Gasteiger partial charge in [-0.2, -0.15) is 0 Å². The summed E-state index contributed by atoms with van der Waals surface area (Å²) in [6, 6.07) is 9.10. The largest absolute Gasteiger partial charge is 0.341 e. The average molecular weight is 225 g/mol. The van der Waals surface area contributed by atoms with Crippen LogP contribution in [0.25, 0.3) is 0 Å². The first-order valence-corrected chi connectivity index (χ1v) is 6.44. The van der Waals surface area contributed by atoms with Gasteiger partial charge in [-0.15, -0.1) is 0 Å². The van der Waals surface area contributed by atoms with Crippen molar-refractivity contribution in [2.24, 2.45) is 0 Å². The smallest absolute Gasteiger partial charge is 0.253 e. The van der Waals surface area contributed by atoms with Crippen LogP contribution in [0.15, 0.2) is 30.3 Å². The first-order valence-electron chi connectivity index (χ1n) is 4.72. The van der Waals surface area contributed by atoms with Crippen molar-refractivity contribution in [3.8, 4) is 0 Å². The highest BCUT2D eigenvalue weighted by atomic mass is 32.2. The van der Waals surface area contributed by atoms with Gasteiger partial charge in [0.05, 0.1) is 0 Å². The van der Waals surface area contributed by atoms with E-state index in [0.29, 0.717) is 17.9 Å². The summed E-state index contributed by atoms with van der Waals surface area (Å²) in [7, 11) is 0.871. The van der Waals surface area contributed by atoms with Gasteiger partial charge >= 0.3 is 0 Å². The number of hydrogen-bond donors (Lipinski definition) is 0. The fraction of sp³-hybridized carbons (Fsp3) is 0.364. The SMILES string of the molecule is CN(CCS(C)=O)C(=O)c1ccccc1. The molecule has 0 fully saturated rings. The maximum absolute atomic E-state index is 11.8. The first kappa shape index (κ1) is 11.9. The van der Waals surface area contributed by atoms with E-state index in [2.05, 4.69) is 0 Å². The molecule has 1 unspecified atom stereocenters. The molecule has 82 valence electrons. The molecule has 1 aromatic carbocycles. The van der Waals surface area contributed by atoms with Crippen molar-refractivity contribution < 1.29 is 9.00 Å². The predicted molar refractivity (Wildman–Crippen MR) is 62.3 cm³/mol. The Kier molecular flexibility index (Phi) is 4.49. The van der Waals surface area contributed by atoms with Crippen molar-refractivity contribution in [3.63, 3.8) is 0 Å². The Hall–Kier alpha value is -1.16. The van der Waals surface area contributed by atoms with Crippen LogP contribution in [0.1, 0.15) is 10.4 Å². The third-order valence-electron chi connectivity index (χ3n) is 2.08. The zero-order chi connectivity index (χ0) is 11.3. The Morgan fingerprint density at radius 1 is 1.33 bits per heavy atom. The fourth-order valence-electron chi connectivity index (χ4n) is 1.17. The second-order valence-corrected chi connectivity index (χ2v) is 4.92. The number of benzene rings is 1. The second kappa shape index (κ2) is 5.66. The fourth-order valence-corrected chi connectivity index (χ4v) is 1.70. The van der Waals surface area contributed by atoms with Crippen LogP contribution in [0.3, 0.4) is 0 Å². The Bertz CT molecular complexity index is 351. The maximum atomic E-state index is 11.8. The van der Waals surface area contributed by atoms with Crippen LogP contribution in [-0.2, 0) is 10.8 Å². The minimum Gasteiger partial charge on any atom is -0.341 e. The van der Waals surface area contributed by atoms with E-state index in [1.54, 1.807) is 30.3 Å². The van der Waals surface area contributed by atoms with Gasteiger partial charge in [0.15, 0.2) is 0 Å². The van der Waals surface area contributed by atoms with Crippen LogP contribution < -0.4 is 0 Å². The number of rotatable bonds is 4. The molecule has 1 amide bonds. The van der Waals surface area contributed by atoms with Crippen molar-refractivity contribution in [2.45, 2.75) is 0 Å². The summed E-state index contributed by atoms with van der Waals surface area (Å²) < 4.78 is 10.9. The van der Waals surface area contributed by atoms with Crippen LogP contribution in [-0.4, -0.2) is 40.6 Å². The van der Waals surface area contributed by atoms with Gasteiger partial charge in [0.25, 0.3) is 5.91 Å². The van der Waals surface area contributed by atoms with Gasteiger partial charge in [-0.1, -0.05) is 18.2 Å². The summed E-state index contributed by atoms with van der Waals surface area (Å²) >= 11 is 0. The van der Waals surface area contributed by atoms with Crippen LogP contribution in [0, 0.1) is 0 Å². The van der Waals surface area contributed by atoms with E-state index >= 15 is 0 Å². The lowest BCUT2D eigenvalue weighted by atomic mass is 10.2. The van der Waals surface area contributed by atoms with Gasteiger partial charge in [0.1, 0.15) is 0 Å². The summed E-state index contributed by atoms with van der Waals surface area (Å²) in [6.07, 6.45) is 1.64. The molecule has 4 heteroatoms. The van der Waals surface area contributed by atoms with E-state index < -0.39 is 10.8 Å². The monoisotopic (exact) mass is 225 g/mol. The van der Waals surface area contributed by atoms with Crippen molar-refractivity contribution in [1.29, 1.82) is 0 Å². The van der Waals surface area contributed by atoms with Gasteiger partial charge in [-0.25, -0.2) is 0 Å². The third kappa shape index (κ3) is 3.83. The molecule has 0 spiro atoms. The van der Waals surface area contributed by atoms with E-state index in [0.717, 1.165) is 0 Å². The van der Waals surface area contributed by atoms with Gasteiger partial charge in [0.2, 0.25) is 0 Å². The highest BCUT2D eigenvalue weighted by Gasteiger charge is 2.10. The first-order chi connectivity index (χ1) is 7.11. The van der Waals surface area contributed by atoms with E-state index in [9.17, 15) is 9.00 Å². The lowest BCUT2D eigenvalue weighted by Gasteiger charge is -2.16. The van der Waals surface area contributed by atoms with Gasteiger partial charge in [0, 0.05) is 42.0 Å². The number of hydrogen-bond acceptors (Lipinski definition) is 2. The Morgan fingerprint density at radius 2 is 1.93 bits per heavy atom. The summed E-state index contributed by atoms with van der Waals surface area (Å²) in [5, 5.41) is 0. The minimum absolute atomic E-state index is 0.0268. The lowest BCUT2D eigenvalue weighted by Crippen LogP contribution is -2.30. The summed E-state index contributed by atoms with van der Waals surface area (Å²) in [6.45, 7) is 0.525. The number of nitrogens with zero attached hydrogens (tertiary/aromatic N) is 1. The van der Waals surface area contributed by atoms with E-state index in [1.807, 2.05) is 18.2 Å². The van der Waals surface area contributed by atoms with Crippen molar-refractivity contribution in [1.82, 2.24) is 4.90 Å². The second-order valence-electron chi connectivity index (χ2n) is 3.37. The summed E-state index contributed by atoms with van der Waals surface area (Å²) in [5.74, 6) is 0.496. The highest BCUT2D eigenvalue weighted by Crippen LogP contribution is 2.02. The maximum Gasteiger partial charge on any atom is 0.253 e. The quantitative estimate of drug-likeness (QED) is 0.770. The zero-order valence-corrected chi connectivity index (χ0v) is 9.79. The molecule has 0 bridgehead atoms. The predicted octanol–water partition coefficient (Wildman–Crippen LogP) is 1.14. The lowest BCUT2D eigenvalue weighted by molar-refractivity contribution is 0.0803. The number of amides is 1. The van der Waals surface area contributed by atoms with Crippen LogP contribution in [0.5, 0.6) is 0 Å². The molecule has 0 saturated heterocycles.